The number of carbonyl (C=O) groups is 3. The molecular weight excluding hydrogens is 396 g/mol. The molecule has 0 aromatic heterocycles. The average molecular weight is 415 g/mol. The molecule has 2 aromatic carbocycles. The Balaban J connectivity index is 1.98. The van der Waals surface area contributed by atoms with E-state index in [1.807, 2.05) is 6.08 Å². The molecular formula is C21H19ClN2O5. The van der Waals surface area contributed by atoms with Crippen molar-refractivity contribution in [3.63, 3.8) is 0 Å². The van der Waals surface area contributed by atoms with Crippen LogP contribution in [0, 0.1) is 0 Å². The monoisotopic (exact) mass is 414 g/mol. The normalized spacial score (nSPS) is 15.4. The molecule has 1 aliphatic rings. The summed E-state index contributed by atoms with van der Waals surface area (Å²) in [5.41, 5.74) is 4.98. The molecule has 2 aromatic rings. The Kier molecular flexibility index (Phi) is 5.89. The lowest BCUT2D eigenvalue weighted by Gasteiger charge is -2.24. The van der Waals surface area contributed by atoms with Gasteiger partial charge in [0.2, 0.25) is 5.91 Å². The first kappa shape index (κ1) is 20.4. The predicted octanol–water partition coefficient (Wildman–Crippen LogP) is 3.64. The molecule has 0 radical (unpaired) electrons. The number of hydrogen-bond donors (Lipinski definition) is 1. The lowest BCUT2D eigenvalue weighted by molar-refractivity contribution is -0.133. The van der Waals surface area contributed by atoms with Crippen molar-refractivity contribution < 1.29 is 23.9 Å². The van der Waals surface area contributed by atoms with Crippen LogP contribution >= 0.6 is 11.6 Å². The second kappa shape index (κ2) is 8.36. The van der Waals surface area contributed by atoms with Gasteiger partial charge in [0.1, 0.15) is 11.5 Å². The number of esters is 2. The van der Waals surface area contributed by atoms with Gasteiger partial charge in [0, 0.05) is 31.4 Å². The van der Waals surface area contributed by atoms with Crippen molar-refractivity contribution in [3.8, 4) is 11.5 Å². The molecule has 0 unspecified atom stereocenters. The van der Waals surface area contributed by atoms with E-state index in [0.717, 1.165) is 5.56 Å². The van der Waals surface area contributed by atoms with E-state index in [4.69, 9.17) is 21.1 Å². The first-order chi connectivity index (χ1) is 13.7. The number of amides is 1. The van der Waals surface area contributed by atoms with E-state index < -0.39 is 18.0 Å². The first-order valence-corrected chi connectivity index (χ1v) is 9.17. The maximum atomic E-state index is 12.2. The summed E-state index contributed by atoms with van der Waals surface area (Å²) >= 11 is 6.13. The lowest BCUT2D eigenvalue weighted by atomic mass is 10.0. The van der Waals surface area contributed by atoms with Crippen LogP contribution in [0.1, 0.15) is 37.9 Å². The molecule has 1 atom stereocenters. The van der Waals surface area contributed by atoms with Crippen LogP contribution < -0.4 is 14.9 Å². The highest BCUT2D eigenvalue weighted by Crippen LogP contribution is 2.36. The van der Waals surface area contributed by atoms with Gasteiger partial charge in [-0.2, -0.15) is 0 Å². The van der Waals surface area contributed by atoms with E-state index in [-0.39, 0.29) is 5.91 Å². The molecule has 0 aliphatic carbocycles. The van der Waals surface area contributed by atoms with Gasteiger partial charge in [-0.1, -0.05) is 23.7 Å². The summed E-state index contributed by atoms with van der Waals surface area (Å²) in [6.07, 6.45) is 1.83. The van der Waals surface area contributed by atoms with E-state index in [1.54, 1.807) is 42.5 Å². The van der Waals surface area contributed by atoms with Crippen molar-refractivity contribution in [2.45, 2.75) is 26.8 Å². The molecule has 8 heteroatoms. The van der Waals surface area contributed by atoms with Crippen LogP contribution in [-0.4, -0.2) is 22.9 Å². The van der Waals surface area contributed by atoms with Crippen LogP contribution in [0.2, 0.25) is 5.02 Å². The first-order valence-electron chi connectivity index (χ1n) is 8.79. The lowest BCUT2D eigenvalue weighted by Crippen LogP contribution is -2.37. The minimum absolute atomic E-state index is 0.207. The third-order valence-electron chi connectivity index (χ3n) is 4.15. The molecule has 0 bridgehead atoms. The molecule has 7 nitrogen and oxygen atoms in total. The quantitative estimate of drug-likeness (QED) is 0.607. The zero-order valence-electron chi connectivity index (χ0n) is 16.1. The fourth-order valence-electron chi connectivity index (χ4n) is 2.99. The van der Waals surface area contributed by atoms with Crippen LogP contribution in [0.3, 0.4) is 0 Å². The molecule has 1 N–H and O–H groups in total. The zero-order valence-corrected chi connectivity index (χ0v) is 16.8. The summed E-state index contributed by atoms with van der Waals surface area (Å²) in [5.74, 6) is -0.339. The van der Waals surface area contributed by atoms with Gasteiger partial charge in [-0.15, -0.1) is 0 Å². The number of nitrogens with zero attached hydrogens (tertiary/aromatic N) is 1. The number of benzene rings is 2. The van der Waals surface area contributed by atoms with Gasteiger partial charge in [-0.25, -0.2) is 5.01 Å². The fourth-order valence-corrected chi connectivity index (χ4v) is 3.17. The number of rotatable bonds is 4. The van der Waals surface area contributed by atoms with Crippen LogP contribution in [0.5, 0.6) is 11.5 Å². The fraction of sp³-hybridized carbons (Fsp3) is 0.190. The van der Waals surface area contributed by atoms with Crippen molar-refractivity contribution in [3.05, 3.63) is 64.7 Å². The molecule has 29 heavy (non-hydrogen) atoms. The highest BCUT2D eigenvalue weighted by Gasteiger charge is 2.30. The Morgan fingerprint density at radius 3 is 2.21 bits per heavy atom. The summed E-state index contributed by atoms with van der Waals surface area (Å²) in [7, 11) is 0. The molecule has 150 valence electrons. The van der Waals surface area contributed by atoms with Crippen LogP contribution in [0.15, 0.2) is 48.5 Å². The van der Waals surface area contributed by atoms with Crippen molar-refractivity contribution >= 4 is 35.1 Å². The van der Waals surface area contributed by atoms with Gasteiger partial charge >= 0.3 is 11.9 Å². The third kappa shape index (κ3) is 4.75. The largest absolute Gasteiger partial charge is 0.427 e. The molecule has 1 aliphatic heterocycles. The smallest absolute Gasteiger partial charge is 0.308 e. The van der Waals surface area contributed by atoms with E-state index in [1.165, 1.54) is 25.8 Å². The summed E-state index contributed by atoms with van der Waals surface area (Å²) in [6, 6.07) is 11.3. The topological polar surface area (TPSA) is 84.9 Å². The van der Waals surface area contributed by atoms with Crippen molar-refractivity contribution in [1.29, 1.82) is 0 Å². The number of halogens is 1. The Hall–Kier alpha value is -3.32. The Bertz CT molecular complexity index is 1000. The van der Waals surface area contributed by atoms with E-state index in [0.29, 0.717) is 27.8 Å². The summed E-state index contributed by atoms with van der Waals surface area (Å²) in [5, 5.41) is 1.91. The maximum absolute atomic E-state index is 12.2. The van der Waals surface area contributed by atoms with Gasteiger partial charge in [-0.05, 0) is 42.0 Å². The predicted molar refractivity (Wildman–Crippen MR) is 107 cm³/mol. The average Bonchev–Trinajstić information content (AvgIpc) is 3.08. The summed E-state index contributed by atoms with van der Waals surface area (Å²) in [4.78, 5) is 34.7. The van der Waals surface area contributed by atoms with Crippen molar-refractivity contribution in [2.24, 2.45) is 0 Å². The highest BCUT2D eigenvalue weighted by atomic mass is 35.5. The SMILES string of the molecule is CC(=O)Oc1ccc([C@H]2C=C(c3cc(Cl)ccc3OC(C)=O)NN2C(C)=O)cc1. The molecule has 1 amide bonds. The Morgan fingerprint density at radius 1 is 0.966 bits per heavy atom. The third-order valence-corrected chi connectivity index (χ3v) is 4.39. The van der Waals surface area contributed by atoms with Gasteiger partial charge < -0.3 is 9.47 Å². The number of hydrazine groups is 1. The molecule has 0 fully saturated rings. The maximum Gasteiger partial charge on any atom is 0.308 e. The number of hydrogen-bond acceptors (Lipinski definition) is 6. The molecule has 1 heterocycles. The second-order valence-electron chi connectivity index (χ2n) is 6.42. The molecule has 0 saturated carbocycles. The number of ether oxygens (including phenoxy) is 2. The summed E-state index contributed by atoms with van der Waals surface area (Å²) in [6.45, 7) is 4.08. The van der Waals surface area contributed by atoms with Crippen LogP contribution in [0.4, 0.5) is 0 Å². The Labute approximate surface area is 172 Å². The molecule has 0 spiro atoms. The van der Waals surface area contributed by atoms with E-state index >= 15 is 0 Å². The van der Waals surface area contributed by atoms with Crippen molar-refractivity contribution in [1.82, 2.24) is 10.4 Å². The minimum atomic E-state index is -0.465. The van der Waals surface area contributed by atoms with Crippen LogP contribution in [-0.2, 0) is 14.4 Å². The number of nitrogens with one attached hydrogen (secondary N) is 1. The molecule has 3 rings (SSSR count). The van der Waals surface area contributed by atoms with Crippen LogP contribution in [0.25, 0.3) is 5.70 Å². The zero-order chi connectivity index (χ0) is 21.1. The van der Waals surface area contributed by atoms with Gasteiger partial charge in [0.25, 0.3) is 0 Å². The van der Waals surface area contributed by atoms with Gasteiger partial charge in [-0.3, -0.25) is 19.8 Å². The van der Waals surface area contributed by atoms with Crippen molar-refractivity contribution in [2.75, 3.05) is 0 Å². The highest BCUT2D eigenvalue weighted by molar-refractivity contribution is 6.30. The van der Waals surface area contributed by atoms with Gasteiger partial charge in [0.15, 0.2) is 0 Å². The second-order valence-corrected chi connectivity index (χ2v) is 6.86. The van der Waals surface area contributed by atoms with E-state index in [9.17, 15) is 14.4 Å². The van der Waals surface area contributed by atoms with Gasteiger partial charge in [0.05, 0.1) is 11.7 Å². The summed E-state index contributed by atoms with van der Waals surface area (Å²) < 4.78 is 10.3. The van der Waals surface area contributed by atoms with E-state index in [2.05, 4.69) is 5.43 Å². The number of carbonyl (C=O) groups excluding carboxylic acids is 3. The Morgan fingerprint density at radius 2 is 1.62 bits per heavy atom. The molecule has 0 saturated heterocycles. The standard InChI is InChI=1S/C21H19ClN2O5/c1-12(25)24-20(15-4-7-17(8-5-15)28-13(2)26)11-19(23-24)18-10-16(22)6-9-21(18)29-14(3)27/h4-11,20,23H,1-3H3/t20-/m1/s1. The minimum Gasteiger partial charge on any atom is -0.427 e.